The van der Waals surface area contributed by atoms with E-state index in [-0.39, 0.29) is 17.7 Å². The molecule has 2 aromatic rings. The van der Waals surface area contributed by atoms with Crippen LogP contribution in [-0.2, 0) is 0 Å². The maximum atomic E-state index is 12.8. The van der Waals surface area contributed by atoms with Gasteiger partial charge in [-0.2, -0.15) is 0 Å². The largest absolute Gasteiger partial charge is 0.348 e. The highest BCUT2D eigenvalue weighted by Crippen LogP contribution is 2.18. The van der Waals surface area contributed by atoms with E-state index >= 15 is 0 Å². The highest BCUT2D eigenvalue weighted by atomic mass is 79.9. The Kier molecular flexibility index (Phi) is 5.43. The van der Waals surface area contributed by atoms with E-state index in [2.05, 4.69) is 26.6 Å². The molecule has 1 saturated heterocycles. The summed E-state index contributed by atoms with van der Waals surface area (Å²) in [7, 11) is 0. The Hall–Kier alpha value is -1.98. The molecule has 2 aromatic carbocycles. The zero-order valence-corrected chi connectivity index (χ0v) is 14.8. The molecular weight excluding hydrogens is 368 g/mol. The molecule has 0 spiro atoms. The maximum absolute atomic E-state index is 12.8. The van der Waals surface area contributed by atoms with Crippen molar-refractivity contribution in [2.75, 3.05) is 13.1 Å². The van der Waals surface area contributed by atoms with Crippen molar-refractivity contribution in [1.29, 1.82) is 0 Å². The van der Waals surface area contributed by atoms with Gasteiger partial charge in [-0.3, -0.25) is 9.59 Å². The van der Waals surface area contributed by atoms with Crippen LogP contribution in [0.3, 0.4) is 0 Å². The van der Waals surface area contributed by atoms with Crippen LogP contribution in [0.15, 0.2) is 53.0 Å². The molecule has 1 fully saturated rings. The summed E-state index contributed by atoms with van der Waals surface area (Å²) in [4.78, 5) is 25.4. The molecule has 0 bridgehead atoms. The second kappa shape index (κ2) is 7.73. The van der Waals surface area contributed by atoms with Crippen LogP contribution in [-0.4, -0.2) is 30.8 Å². The summed E-state index contributed by atoms with van der Waals surface area (Å²) in [6.07, 6.45) is 2.01. The third kappa shape index (κ3) is 3.91. The molecule has 24 heavy (non-hydrogen) atoms. The molecule has 1 atom stereocenters. The van der Waals surface area contributed by atoms with Crippen molar-refractivity contribution in [2.24, 2.45) is 0 Å². The van der Waals surface area contributed by atoms with Crippen molar-refractivity contribution < 1.29 is 9.59 Å². The molecule has 0 aromatic heterocycles. The number of ketones is 1. The Bertz CT molecular complexity index is 737. The molecule has 0 aliphatic carbocycles. The van der Waals surface area contributed by atoms with Gasteiger partial charge in [-0.15, -0.1) is 0 Å². The first-order chi connectivity index (χ1) is 11.6. The molecule has 0 radical (unpaired) electrons. The second-order valence-corrected chi connectivity index (χ2v) is 6.81. The molecule has 1 aliphatic rings. The summed E-state index contributed by atoms with van der Waals surface area (Å²) in [6, 6.07) is 14.3. The number of hydrogen-bond donors (Lipinski definition) is 2. The highest BCUT2D eigenvalue weighted by Gasteiger charge is 2.21. The van der Waals surface area contributed by atoms with Crippen LogP contribution >= 0.6 is 15.9 Å². The number of amides is 1. The van der Waals surface area contributed by atoms with Crippen LogP contribution in [0, 0.1) is 0 Å². The smallest absolute Gasteiger partial charge is 0.252 e. The number of hydrogen-bond acceptors (Lipinski definition) is 3. The van der Waals surface area contributed by atoms with Crippen LogP contribution in [0.1, 0.15) is 39.1 Å². The Labute approximate surface area is 149 Å². The number of carbonyl (C=O) groups excluding carboxylic acids is 2. The van der Waals surface area contributed by atoms with Gasteiger partial charge in [0.05, 0.1) is 5.56 Å². The second-order valence-electron chi connectivity index (χ2n) is 5.90. The van der Waals surface area contributed by atoms with Crippen LogP contribution < -0.4 is 10.6 Å². The van der Waals surface area contributed by atoms with Gasteiger partial charge in [0, 0.05) is 28.2 Å². The Balaban J connectivity index is 1.83. The van der Waals surface area contributed by atoms with E-state index in [1.54, 1.807) is 36.4 Å². The Morgan fingerprint density at radius 1 is 1.04 bits per heavy atom. The molecule has 3 rings (SSSR count). The first kappa shape index (κ1) is 16.9. The predicted octanol–water partition coefficient (Wildman–Crippen LogP) is 3.16. The molecule has 1 aliphatic heterocycles. The molecular formula is C19H19BrN2O2. The van der Waals surface area contributed by atoms with E-state index < -0.39 is 0 Å². The van der Waals surface area contributed by atoms with Crippen molar-refractivity contribution in [1.82, 2.24) is 10.6 Å². The molecule has 1 amide bonds. The lowest BCUT2D eigenvalue weighted by atomic mass is 9.97. The molecule has 2 N–H and O–H groups in total. The monoisotopic (exact) mass is 386 g/mol. The predicted molar refractivity (Wildman–Crippen MR) is 97.4 cm³/mol. The van der Waals surface area contributed by atoms with E-state index in [0.717, 1.165) is 30.4 Å². The normalized spacial score (nSPS) is 17.3. The van der Waals surface area contributed by atoms with Gasteiger partial charge in [-0.1, -0.05) is 34.1 Å². The van der Waals surface area contributed by atoms with E-state index in [4.69, 9.17) is 0 Å². The lowest BCUT2D eigenvalue weighted by Crippen LogP contribution is -2.45. The minimum absolute atomic E-state index is 0.113. The Morgan fingerprint density at radius 3 is 2.42 bits per heavy atom. The molecule has 0 saturated carbocycles. The van der Waals surface area contributed by atoms with Crippen molar-refractivity contribution in [3.63, 3.8) is 0 Å². The summed E-state index contributed by atoms with van der Waals surface area (Å²) >= 11 is 3.36. The van der Waals surface area contributed by atoms with Crippen LogP contribution in [0.4, 0.5) is 0 Å². The zero-order valence-electron chi connectivity index (χ0n) is 13.2. The first-order valence-electron chi connectivity index (χ1n) is 8.06. The van der Waals surface area contributed by atoms with Gasteiger partial charge in [0.1, 0.15) is 0 Å². The van der Waals surface area contributed by atoms with E-state index in [0.29, 0.717) is 16.7 Å². The van der Waals surface area contributed by atoms with Crippen molar-refractivity contribution in [3.8, 4) is 0 Å². The van der Waals surface area contributed by atoms with Crippen molar-refractivity contribution >= 4 is 27.6 Å². The van der Waals surface area contributed by atoms with E-state index in [1.165, 1.54) is 0 Å². The number of benzene rings is 2. The summed E-state index contributed by atoms with van der Waals surface area (Å²) in [6.45, 7) is 1.76. The minimum Gasteiger partial charge on any atom is -0.348 e. The Morgan fingerprint density at radius 2 is 1.75 bits per heavy atom. The van der Waals surface area contributed by atoms with Gasteiger partial charge in [0.2, 0.25) is 0 Å². The third-order valence-corrected chi connectivity index (χ3v) is 4.68. The SMILES string of the molecule is O=C(N[C@H]1CCCNC1)c1ccccc1C(=O)c1ccc(Br)cc1. The molecule has 4 nitrogen and oxygen atoms in total. The number of nitrogens with one attached hydrogen (secondary N) is 2. The maximum Gasteiger partial charge on any atom is 0.252 e. The average Bonchev–Trinajstić information content (AvgIpc) is 2.62. The lowest BCUT2D eigenvalue weighted by molar-refractivity contribution is 0.0921. The van der Waals surface area contributed by atoms with Gasteiger partial charge in [0.15, 0.2) is 5.78 Å². The van der Waals surface area contributed by atoms with Crippen LogP contribution in [0.5, 0.6) is 0 Å². The molecule has 124 valence electrons. The molecule has 5 heteroatoms. The van der Waals surface area contributed by atoms with Gasteiger partial charge in [0.25, 0.3) is 5.91 Å². The van der Waals surface area contributed by atoms with Gasteiger partial charge in [-0.25, -0.2) is 0 Å². The van der Waals surface area contributed by atoms with Gasteiger partial charge < -0.3 is 10.6 Å². The third-order valence-electron chi connectivity index (χ3n) is 4.15. The fourth-order valence-corrected chi connectivity index (χ4v) is 3.14. The van der Waals surface area contributed by atoms with Crippen molar-refractivity contribution in [2.45, 2.75) is 18.9 Å². The zero-order chi connectivity index (χ0) is 16.9. The van der Waals surface area contributed by atoms with E-state index in [9.17, 15) is 9.59 Å². The number of piperidine rings is 1. The summed E-state index contributed by atoms with van der Waals surface area (Å²) in [5.41, 5.74) is 1.43. The van der Waals surface area contributed by atoms with Gasteiger partial charge in [-0.05, 0) is 49.7 Å². The van der Waals surface area contributed by atoms with Crippen LogP contribution in [0.25, 0.3) is 0 Å². The average molecular weight is 387 g/mol. The first-order valence-corrected chi connectivity index (χ1v) is 8.85. The number of rotatable bonds is 4. The number of carbonyl (C=O) groups is 2. The standard InChI is InChI=1S/C19H19BrN2O2/c20-14-9-7-13(8-10-14)18(23)16-5-1-2-6-17(16)19(24)22-15-4-3-11-21-12-15/h1-2,5-10,15,21H,3-4,11-12H2,(H,22,24)/t15-/m0/s1. The topological polar surface area (TPSA) is 58.2 Å². The van der Waals surface area contributed by atoms with Crippen molar-refractivity contribution in [3.05, 3.63) is 69.7 Å². The molecule has 1 heterocycles. The summed E-state index contributed by atoms with van der Waals surface area (Å²) < 4.78 is 0.912. The fraction of sp³-hybridized carbons (Fsp3) is 0.263. The summed E-state index contributed by atoms with van der Waals surface area (Å²) in [5.74, 6) is -0.334. The van der Waals surface area contributed by atoms with Crippen LogP contribution in [0.2, 0.25) is 0 Å². The van der Waals surface area contributed by atoms with E-state index in [1.807, 2.05) is 12.1 Å². The number of halogens is 1. The quantitative estimate of drug-likeness (QED) is 0.793. The fourth-order valence-electron chi connectivity index (χ4n) is 2.87. The highest BCUT2D eigenvalue weighted by molar-refractivity contribution is 9.10. The molecule has 0 unspecified atom stereocenters. The minimum atomic E-state index is -0.190. The summed E-state index contributed by atoms with van der Waals surface area (Å²) in [5, 5.41) is 6.30. The lowest BCUT2D eigenvalue weighted by Gasteiger charge is -2.24. The van der Waals surface area contributed by atoms with Gasteiger partial charge >= 0.3 is 0 Å².